The summed E-state index contributed by atoms with van der Waals surface area (Å²) in [6.45, 7) is 0.475. The summed E-state index contributed by atoms with van der Waals surface area (Å²) in [5.74, 6) is 1.76. The lowest BCUT2D eigenvalue weighted by Gasteiger charge is -2.25. The van der Waals surface area contributed by atoms with Crippen LogP contribution in [0.2, 0.25) is 0 Å². The van der Waals surface area contributed by atoms with Crippen LogP contribution < -0.4 is 33.3 Å². The van der Waals surface area contributed by atoms with Gasteiger partial charge in [0.2, 0.25) is 21.7 Å². The van der Waals surface area contributed by atoms with Gasteiger partial charge >= 0.3 is 0 Å². The van der Waals surface area contributed by atoms with E-state index in [1.54, 1.807) is 30.3 Å². The smallest absolute Gasteiger partial charge is 0.241 e. The molecule has 0 saturated carbocycles. The number of sulfonamides is 1. The molecule has 11 heteroatoms. The molecule has 0 spiro atoms. The molecule has 1 aliphatic heterocycles. The molecule has 32 heavy (non-hydrogen) atoms. The van der Waals surface area contributed by atoms with Gasteiger partial charge in [-0.15, -0.1) is 0 Å². The summed E-state index contributed by atoms with van der Waals surface area (Å²) >= 11 is 0. The highest BCUT2D eigenvalue weighted by Crippen LogP contribution is 2.39. The van der Waals surface area contributed by atoms with E-state index in [-0.39, 0.29) is 6.54 Å². The van der Waals surface area contributed by atoms with E-state index < -0.39 is 22.5 Å². The zero-order valence-electron chi connectivity index (χ0n) is 18.3. The zero-order valence-corrected chi connectivity index (χ0v) is 19.2. The molecule has 1 N–H and O–H groups in total. The number of nitrogens with one attached hydrogen (secondary N) is 1. The van der Waals surface area contributed by atoms with Crippen LogP contribution in [-0.2, 0) is 21.4 Å². The monoisotopic (exact) mass is 466 g/mol. The Hall–Kier alpha value is -3.34. The number of benzene rings is 2. The molecule has 10 nitrogen and oxygen atoms in total. The number of ether oxygens (including phenoxy) is 5. The SMILES string of the molecule is COc1ccc(CNC(=O)CN(c2ccc3c(c2)OCCO3)S(C)(=O)=O)c(OC)c1OC. The topological polar surface area (TPSA) is 113 Å². The van der Waals surface area contributed by atoms with Crippen LogP contribution in [0, 0.1) is 0 Å². The average Bonchev–Trinajstić information content (AvgIpc) is 2.79. The Bertz CT molecular complexity index is 1090. The molecule has 0 saturated heterocycles. The molecule has 3 rings (SSSR count). The highest BCUT2D eigenvalue weighted by molar-refractivity contribution is 7.92. The predicted molar refractivity (Wildman–Crippen MR) is 118 cm³/mol. The van der Waals surface area contributed by atoms with Crippen molar-refractivity contribution >= 4 is 21.6 Å². The minimum atomic E-state index is -3.74. The maximum absolute atomic E-state index is 12.6. The highest BCUT2D eigenvalue weighted by Gasteiger charge is 2.24. The number of rotatable bonds is 9. The number of hydrogen-bond donors (Lipinski definition) is 1. The minimum Gasteiger partial charge on any atom is -0.493 e. The van der Waals surface area contributed by atoms with Crippen LogP contribution in [0.25, 0.3) is 0 Å². The number of methoxy groups -OCH3 is 3. The fourth-order valence-corrected chi connectivity index (χ4v) is 4.12. The molecular weight excluding hydrogens is 440 g/mol. The van der Waals surface area contributed by atoms with Gasteiger partial charge in [0.05, 0.1) is 33.3 Å². The second kappa shape index (κ2) is 9.86. The summed E-state index contributed by atoms with van der Waals surface area (Å²) in [6, 6.07) is 8.16. The second-order valence-electron chi connectivity index (χ2n) is 6.87. The van der Waals surface area contributed by atoms with E-state index in [0.717, 1.165) is 10.6 Å². The lowest BCUT2D eigenvalue weighted by molar-refractivity contribution is -0.119. The minimum absolute atomic E-state index is 0.0983. The predicted octanol–water partition coefficient (Wildman–Crippen LogP) is 1.57. The van der Waals surface area contributed by atoms with Crippen molar-refractivity contribution in [2.75, 3.05) is 51.6 Å². The number of hydrogen-bond acceptors (Lipinski definition) is 8. The summed E-state index contributed by atoms with van der Waals surface area (Å²) in [7, 11) is 0.738. The maximum Gasteiger partial charge on any atom is 0.241 e. The van der Waals surface area contributed by atoms with Gasteiger partial charge in [-0.1, -0.05) is 0 Å². The molecule has 2 aromatic carbocycles. The first-order chi connectivity index (χ1) is 15.3. The van der Waals surface area contributed by atoms with Crippen molar-refractivity contribution in [3.8, 4) is 28.7 Å². The first kappa shape index (κ1) is 23.3. The van der Waals surface area contributed by atoms with E-state index in [1.165, 1.54) is 21.3 Å². The van der Waals surface area contributed by atoms with Crippen molar-refractivity contribution in [3.63, 3.8) is 0 Å². The van der Waals surface area contributed by atoms with Gasteiger partial charge in [0.1, 0.15) is 19.8 Å². The Morgan fingerprint density at radius 1 is 1.00 bits per heavy atom. The van der Waals surface area contributed by atoms with E-state index in [9.17, 15) is 13.2 Å². The van der Waals surface area contributed by atoms with Gasteiger partial charge in [-0.25, -0.2) is 8.42 Å². The van der Waals surface area contributed by atoms with Crippen molar-refractivity contribution in [2.24, 2.45) is 0 Å². The molecule has 1 heterocycles. The largest absolute Gasteiger partial charge is 0.493 e. The summed E-state index contributed by atoms with van der Waals surface area (Å²) in [6.07, 6.45) is 1.04. The van der Waals surface area contributed by atoms with Crippen molar-refractivity contribution in [1.82, 2.24) is 5.32 Å². The first-order valence-electron chi connectivity index (χ1n) is 9.70. The molecule has 0 unspecified atom stereocenters. The van der Waals surface area contributed by atoms with Crippen LogP contribution in [0.4, 0.5) is 5.69 Å². The van der Waals surface area contributed by atoms with Gasteiger partial charge in [0.25, 0.3) is 0 Å². The third kappa shape index (κ3) is 5.10. The Balaban J connectivity index is 1.76. The molecule has 0 aliphatic carbocycles. The van der Waals surface area contributed by atoms with Crippen LogP contribution in [0.3, 0.4) is 0 Å². The fourth-order valence-electron chi connectivity index (χ4n) is 3.27. The van der Waals surface area contributed by atoms with Gasteiger partial charge < -0.3 is 29.0 Å². The Kier molecular flexibility index (Phi) is 7.18. The molecular formula is C21H26N2O8S. The molecule has 1 aliphatic rings. The van der Waals surface area contributed by atoms with E-state index in [0.29, 0.717) is 53.2 Å². The number of nitrogens with zero attached hydrogens (tertiary/aromatic N) is 1. The van der Waals surface area contributed by atoms with Crippen LogP contribution in [-0.4, -0.2) is 61.7 Å². The molecule has 2 aromatic rings. The lowest BCUT2D eigenvalue weighted by atomic mass is 10.1. The van der Waals surface area contributed by atoms with E-state index in [2.05, 4.69) is 5.32 Å². The van der Waals surface area contributed by atoms with Crippen LogP contribution in [0.1, 0.15) is 5.56 Å². The van der Waals surface area contributed by atoms with Gasteiger partial charge in [0.15, 0.2) is 23.0 Å². The maximum atomic E-state index is 12.6. The van der Waals surface area contributed by atoms with E-state index in [4.69, 9.17) is 23.7 Å². The molecule has 0 aromatic heterocycles. The van der Waals surface area contributed by atoms with Crippen LogP contribution >= 0.6 is 0 Å². The van der Waals surface area contributed by atoms with Crippen molar-refractivity contribution in [2.45, 2.75) is 6.54 Å². The fraction of sp³-hybridized carbons (Fsp3) is 0.381. The van der Waals surface area contributed by atoms with Crippen molar-refractivity contribution in [3.05, 3.63) is 35.9 Å². The molecule has 174 valence electrons. The lowest BCUT2D eigenvalue weighted by Crippen LogP contribution is -2.40. The zero-order chi connectivity index (χ0) is 23.3. The first-order valence-corrected chi connectivity index (χ1v) is 11.5. The molecule has 1 amide bonds. The van der Waals surface area contributed by atoms with Crippen LogP contribution in [0.15, 0.2) is 30.3 Å². The van der Waals surface area contributed by atoms with E-state index in [1.807, 2.05) is 0 Å². The third-order valence-corrected chi connectivity index (χ3v) is 5.90. The molecule has 0 fully saturated rings. The third-order valence-electron chi connectivity index (χ3n) is 4.76. The number of carbonyl (C=O) groups is 1. The number of amides is 1. The molecule has 0 bridgehead atoms. The Morgan fingerprint density at radius 2 is 1.69 bits per heavy atom. The molecule has 0 radical (unpaired) electrons. The summed E-state index contributed by atoms with van der Waals surface area (Å²) in [4.78, 5) is 12.6. The van der Waals surface area contributed by atoms with Gasteiger partial charge in [-0.2, -0.15) is 0 Å². The Labute approximate surface area is 187 Å². The summed E-state index contributed by atoms with van der Waals surface area (Å²) < 4.78 is 52.8. The van der Waals surface area contributed by atoms with Crippen molar-refractivity contribution < 1.29 is 36.9 Å². The summed E-state index contributed by atoms with van der Waals surface area (Å²) in [5.41, 5.74) is 0.944. The summed E-state index contributed by atoms with van der Waals surface area (Å²) in [5, 5.41) is 2.72. The highest BCUT2D eigenvalue weighted by atomic mass is 32.2. The molecule has 0 atom stereocenters. The number of anilines is 1. The van der Waals surface area contributed by atoms with Crippen LogP contribution in [0.5, 0.6) is 28.7 Å². The van der Waals surface area contributed by atoms with Gasteiger partial charge in [-0.3, -0.25) is 9.10 Å². The normalized spacial score (nSPS) is 12.6. The van der Waals surface area contributed by atoms with E-state index >= 15 is 0 Å². The van der Waals surface area contributed by atoms with Gasteiger partial charge in [-0.05, 0) is 24.3 Å². The Morgan fingerprint density at radius 3 is 2.31 bits per heavy atom. The quantitative estimate of drug-likeness (QED) is 0.593. The average molecular weight is 467 g/mol. The standard InChI is InChI=1S/C21H26N2O8S/c1-27-17-7-5-14(20(28-2)21(17)29-3)12-22-19(24)13-23(32(4,25)26)15-6-8-16-18(11-15)31-10-9-30-16/h5-8,11H,9-10,12-13H2,1-4H3,(H,22,24). The number of carbonyl (C=O) groups excluding carboxylic acids is 1. The van der Waals surface area contributed by atoms with Gasteiger partial charge in [0, 0.05) is 18.2 Å². The number of fused-ring (bicyclic) bond motifs is 1. The second-order valence-corrected chi connectivity index (χ2v) is 8.77. The van der Waals surface area contributed by atoms with Crippen molar-refractivity contribution in [1.29, 1.82) is 0 Å².